The summed E-state index contributed by atoms with van der Waals surface area (Å²) in [6.45, 7) is 3.77. The summed E-state index contributed by atoms with van der Waals surface area (Å²) in [6, 6.07) is -0.0123. The third-order valence-electron chi connectivity index (χ3n) is 4.84. The van der Waals surface area contributed by atoms with Gasteiger partial charge in [-0.15, -0.1) is 4.80 Å². The molecule has 10 nitrogen and oxygen atoms in total. The summed E-state index contributed by atoms with van der Waals surface area (Å²) in [5.41, 5.74) is 0.313. The lowest BCUT2D eigenvalue weighted by molar-refractivity contribution is -0.137. The highest BCUT2D eigenvalue weighted by molar-refractivity contribution is 7.18. The first-order valence-electron chi connectivity index (χ1n) is 10.0. The summed E-state index contributed by atoms with van der Waals surface area (Å²) in [6.07, 6.45) is 0.508. The first-order chi connectivity index (χ1) is 16.2. The van der Waals surface area contributed by atoms with E-state index < -0.39 is 23.6 Å². The molecule has 2 amide bonds. The highest BCUT2D eigenvalue weighted by atomic mass is 32.1. The second-order valence-electron chi connectivity index (χ2n) is 7.10. The zero-order chi connectivity index (χ0) is 24.5. The summed E-state index contributed by atoms with van der Waals surface area (Å²) in [7, 11) is 1.55. The Morgan fingerprint density at radius 2 is 1.94 bits per heavy atom. The van der Waals surface area contributed by atoms with Crippen molar-refractivity contribution in [1.82, 2.24) is 29.9 Å². The third-order valence-corrected chi connectivity index (χ3v) is 5.71. The average Bonchev–Trinajstić information content (AvgIpc) is 3.44. The number of carbonyl (C=O) groups excluding carboxylic acids is 1. The van der Waals surface area contributed by atoms with Crippen molar-refractivity contribution in [1.29, 1.82) is 0 Å². The number of nitrogens with zero attached hydrogens (tertiary/aromatic N) is 6. The largest absolute Gasteiger partial charge is 0.420 e. The van der Waals surface area contributed by atoms with Crippen LogP contribution in [0.1, 0.15) is 35.6 Å². The van der Waals surface area contributed by atoms with Gasteiger partial charge < -0.3 is 15.4 Å². The molecule has 4 aromatic heterocycles. The molecular weight excluding hydrogens is 473 g/mol. The van der Waals surface area contributed by atoms with Crippen molar-refractivity contribution in [3.8, 4) is 5.82 Å². The molecule has 0 radical (unpaired) electrons. The van der Waals surface area contributed by atoms with Crippen molar-refractivity contribution in [2.75, 3.05) is 17.7 Å². The number of amides is 2. The van der Waals surface area contributed by atoms with Crippen LogP contribution >= 0.6 is 11.3 Å². The van der Waals surface area contributed by atoms with E-state index in [1.807, 2.05) is 13.8 Å². The lowest BCUT2D eigenvalue weighted by Crippen LogP contribution is -2.22. The number of ether oxygens (including phenoxy) is 1. The molecular formula is C20H19F3N8O2S. The van der Waals surface area contributed by atoms with E-state index in [4.69, 9.17) is 4.74 Å². The molecule has 1 unspecified atom stereocenters. The Morgan fingerprint density at radius 1 is 1.21 bits per heavy atom. The molecule has 0 aliphatic carbocycles. The predicted octanol–water partition coefficient (Wildman–Crippen LogP) is 4.74. The summed E-state index contributed by atoms with van der Waals surface area (Å²) in [5.74, 6) is -0.509. The smallest absolute Gasteiger partial charge is 0.377 e. The Morgan fingerprint density at radius 3 is 2.59 bits per heavy atom. The van der Waals surface area contributed by atoms with Gasteiger partial charge in [-0.05, 0) is 19.4 Å². The number of nitrogens with one attached hydrogen (secondary N) is 2. The van der Waals surface area contributed by atoms with Gasteiger partial charge in [-0.1, -0.05) is 18.3 Å². The van der Waals surface area contributed by atoms with Crippen LogP contribution in [0.25, 0.3) is 16.2 Å². The van der Waals surface area contributed by atoms with E-state index in [9.17, 15) is 18.0 Å². The van der Waals surface area contributed by atoms with Crippen LogP contribution in [0.2, 0.25) is 0 Å². The molecule has 0 aromatic carbocycles. The number of aromatic nitrogens is 6. The minimum atomic E-state index is -4.75. The predicted molar refractivity (Wildman–Crippen MR) is 119 cm³/mol. The first kappa shape index (κ1) is 23.5. The molecule has 0 bridgehead atoms. The fourth-order valence-corrected chi connectivity index (χ4v) is 4.19. The van der Waals surface area contributed by atoms with E-state index in [0.717, 1.165) is 22.1 Å². The summed E-state index contributed by atoms with van der Waals surface area (Å²) < 4.78 is 46.4. The van der Waals surface area contributed by atoms with Crippen molar-refractivity contribution in [3.05, 3.63) is 47.0 Å². The maximum atomic E-state index is 13.6. The number of methoxy groups -OCH3 is 1. The van der Waals surface area contributed by atoms with E-state index in [-0.39, 0.29) is 11.8 Å². The molecule has 0 saturated carbocycles. The standard InChI is InChI=1S/C20H19F3N8O2S/c1-4-14(33-3)15-13(9-25-18-16(15)28-10(2)34-18)30-19(32)29-11-7-12(20(21,22)23)17(24-8-11)31-26-5-6-27-31/h5-9,14H,4H2,1-3H3,(H2,29,30,32). The Labute approximate surface area is 195 Å². The van der Waals surface area contributed by atoms with Gasteiger partial charge in [0.05, 0.1) is 47.3 Å². The Kier molecular flexibility index (Phi) is 6.43. The van der Waals surface area contributed by atoms with E-state index in [1.54, 1.807) is 7.11 Å². The lowest BCUT2D eigenvalue weighted by Gasteiger charge is -2.19. The third kappa shape index (κ3) is 4.68. The summed E-state index contributed by atoms with van der Waals surface area (Å²) in [4.78, 5) is 26.8. The van der Waals surface area contributed by atoms with Crippen molar-refractivity contribution >= 4 is 39.1 Å². The SMILES string of the molecule is CCC(OC)c1c(NC(=O)Nc2cnc(-n3nccn3)c(C(F)(F)F)c2)cnc2sc(C)nc12. The number of urea groups is 1. The van der Waals surface area contributed by atoms with Gasteiger partial charge in [-0.25, -0.2) is 19.7 Å². The fourth-order valence-electron chi connectivity index (χ4n) is 3.42. The second-order valence-corrected chi connectivity index (χ2v) is 8.28. The molecule has 4 heterocycles. The zero-order valence-electron chi connectivity index (χ0n) is 18.2. The van der Waals surface area contributed by atoms with Gasteiger partial charge in [0, 0.05) is 12.7 Å². The van der Waals surface area contributed by atoms with Crippen molar-refractivity contribution in [2.45, 2.75) is 32.5 Å². The Balaban J connectivity index is 1.64. The molecule has 2 N–H and O–H groups in total. The number of fused-ring (bicyclic) bond motifs is 1. The van der Waals surface area contributed by atoms with E-state index in [0.29, 0.717) is 28.0 Å². The molecule has 4 aromatic rings. The van der Waals surface area contributed by atoms with Crippen LogP contribution in [0.15, 0.2) is 30.9 Å². The first-order valence-corrected chi connectivity index (χ1v) is 10.8. The molecule has 4 rings (SSSR count). The van der Waals surface area contributed by atoms with Crippen LogP contribution in [0.3, 0.4) is 0 Å². The normalized spacial score (nSPS) is 12.6. The van der Waals surface area contributed by atoms with Crippen LogP contribution in [0.4, 0.5) is 29.3 Å². The molecule has 14 heteroatoms. The number of anilines is 2. The minimum absolute atomic E-state index is 0.167. The number of alkyl halides is 3. The zero-order valence-corrected chi connectivity index (χ0v) is 19.0. The van der Waals surface area contributed by atoms with Crippen molar-refractivity contribution in [2.24, 2.45) is 0 Å². The average molecular weight is 492 g/mol. The maximum Gasteiger partial charge on any atom is 0.420 e. The molecule has 178 valence electrons. The second kappa shape index (κ2) is 9.30. The number of thiazole rings is 1. The van der Waals surface area contributed by atoms with E-state index in [1.165, 1.54) is 29.9 Å². The number of hydrogen-bond donors (Lipinski definition) is 2. The van der Waals surface area contributed by atoms with Crippen LogP contribution in [0.5, 0.6) is 0 Å². The summed E-state index contributed by atoms with van der Waals surface area (Å²) >= 11 is 1.41. The van der Waals surface area contributed by atoms with Crippen molar-refractivity contribution in [3.63, 3.8) is 0 Å². The van der Waals surface area contributed by atoms with Gasteiger partial charge in [-0.3, -0.25) is 0 Å². The van der Waals surface area contributed by atoms with Gasteiger partial charge in [0.15, 0.2) is 5.82 Å². The quantitative estimate of drug-likeness (QED) is 0.399. The summed E-state index contributed by atoms with van der Waals surface area (Å²) in [5, 5.41) is 13.2. The number of hydrogen-bond acceptors (Lipinski definition) is 8. The molecule has 0 aliphatic rings. The van der Waals surface area contributed by atoms with Gasteiger partial charge in [-0.2, -0.15) is 23.4 Å². The number of rotatable bonds is 6. The van der Waals surface area contributed by atoms with E-state index >= 15 is 0 Å². The van der Waals surface area contributed by atoms with Crippen LogP contribution in [-0.2, 0) is 10.9 Å². The number of aryl methyl sites for hydroxylation is 1. The minimum Gasteiger partial charge on any atom is -0.377 e. The fraction of sp³-hybridized carbons (Fsp3) is 0.300. The van der Waals surface area contributed by atoms with Crippen LogP contribution < -0.4 is 10.6 Å². The van der Waals surface area contributed by atoms with Gasteiger partial charge >= 0.3 is 12.2 Å². The Bertz CT molecular complexity index is 1320. The monoisotopic (exact) mass is 492 g/mol. The molecule has 34 heavy (non-hydrogen) atoms. The van der Waals surface area contributed by atoms with Crippen molar-refractivity contribution < 1.29 is 22.7 Å². The van der Waals surface area contributed by atoms with Gasteiger partial charge in [0.25, 0.3) is 0 Å². The number of halogens is 3. The number of pyridine rings is 2. The van der Waals surface area contributed by atoms with E-state index in [2.05, 4.69) is 35.8 Å². The molecule has 0 saturated heterocycles. The topological polar surface area (TPSA) is 120 Å². The number of carbonyl (C=O) groups is 1. The maximum absolute atomic E-state index is 13.6. The Hall–Kier alpha value is -3.65. The highest BCUT2D eigenvalue weighted by Crippen LogP contribution is 2.36. The molecule has 1 atom stereocenters. The molecule has 0 spiro atoms. The van der Waals surface area contributed by atoms with Gasteiger partial charge in [0.1, 0.15) is 15.9 Å². The van der Waals surface area contributed by atoms with Crippen LogP contribution in [0, 0.1) is 6.92 Å². The molecule has 0 fully saturated rings. The highest BCUT2D eigenvalue weighted by Gasteiger charge is 2.36. The molecule has 0 aliphatic heterocycles. The van der Waals surface area contributed by atoms with Gasteiger partial charge in [0.2, 0.25) is 0 Å². The van der Waals surface area contributed by atoms with Crippen LogP contribution in [-0.4, -0.2) is 43.1 Å². The lowest BCUT2D eigenvalue weighted by atomic mass is 10.1.